The van der Waals surface area contributed by atoms with Crippen LogP contribution < -0.4 is 0 Å². The summed E-state index contributed by atoms with van der Waals surface area (Å²) in [5.41, 5.74) is 1.91. The fourth-order valence-corrected chi connectivity index (χ4v) is 1.47. The van der Waals surface area contributed by atoms with E-state index in [4.69, 9.17) is 0 Å². The number of aryl methyl sites for hydroxylation is 1. The highest BCUT2D eigenvalue weighted by molar-refractivity contribution is 5.94. The molecule has 0 aromatic heterocycles. The van der Waals surface area contributed by atoms with Gasteiger partial charge in [0, 0.05) is 18.7 Å². The van der Waals surface area contributed by atoms with Crippen LogP contribution in [0.15, 0.2) is 24.3 Å². The van der Waals surface area contributed by atoms with E-state index in [1.54, 1.807) is 0 Å². The summed E-state index contributed by atoms with van der Waals surface area (Å²) in [7, 11) is 0. The molecule has 0 N–H and O–H groups in total. The van der Waals surface area contributed by atoms with Crippen molar-refractivity contribution in [3.8, 4) is 0 Å². The molecule has 0 aliphatic carbocycles. The highest BCUT2D eigenvalue weighted by Crippen LogP contribution is 2.07. The van der Waals surface area contributed by atoms with Gasteiger partial charge in [-0.3, -0.25) is 4.79 Å². The van der Waals surface area contributed by atoms with Gasteiger partial charge in [-0.25, -0.2) is 0 Å². The molecule has 1 aromatic rings. The van der Waals surface area contributed by atoms with Crippen LogP contribution in [0.3, 0.4) is 0 Å². The Hall–Kier alpha value is -1.31. The highest BCUT2D eigenvalue weighted by Gasteiger charge is 2.11. The summed E-state index contributed by atoms with van der Waals surface area (Å²) in [6, 6.07) is 7.72. The topological polar surface area (TPSA) is 20.3 Å². The Morgan fingerprint density at radius 2 is 1.40 bits per heavy atom. The third-order valence-corrected chi connectivity index (χ3v) is 2.32. The molecule has 1 amide bonds. The molecule has 0 spiro atoms. The quantitative estimate of drug-likeness (QED) is 0.710. The summed E-state index contributed by atoms with van der Waals surface area (Å²) in [4.78, 5) is 13.7. The van der Waals surface area contributed by atoms with Crippen molar-refractivity contribution in [2.75, 3.05) is 13.1 Å². The Morgan fingerprint density at radius 3 is 1.75 bits per heavy atom. The molecule has 0 unspecified atom stereocenters. The lowest BCUT2D eigenvalue weighted by molar-refractivity contribution is 0.0773. The summed E-state index contributed by atoms with van der Waals surface area (Å²) in [6.07, 6.45) is 0. The van der Waals surface area contributed by atoms with Crippen molar-refractivity contribution in [3.63, 3.8) is 0 Å². The van der Waals surface area contributed by atoms with E-state index >= 15 is 0 Å². The van der Waals surface area contributed by atoms with Gasteiger partial charge in [0.25, 0.3) is 5.91 Å². The molecular formula is C18H35NO. The van der Waals surface area contributed by atoms with Crippen molar-refractivity contribution in [1.82, 2.24) is 4.90 Å². The van der Waals surface area contributed by atoms with Gasteiger partial charge in [0.2, 0.25) is 0 Å². The summed E-state index contributed by atoms with van der Waals surface area (Å²) in [6.45, 7) is 19.5. The second-order valence-electron chi connectivity index (χ2n) is 3.35. The molecule has 0 heterocycles. The summed E-state index contributed by atoms with van der Waals surface area (Å²) in [5, 5.41) is 0. The van der Waals surface area contributed by atoms with Gasteiger partial charge in [-0.05, 0) is 32.9 Å². The molecule has 2 heteroatoms. The van der Waals surface area contributed by atoms with Gasteiger partial charge in [0.1, 0.15) is 0 Å². The van der Waals surface area contributed by atoms with Crippen LogP contribution in [0.5, 0.6) is 0 Å². The molecule has 0 bridgehead atoms. The maximum Gasteiger partial charge on any atom is 0.253 e. The van der Waals surface area contributed by atoms with E-state index in [0.717, 1.165) is 24.2 Å². The normalized spacial score (nSPS) is 7.85. The molecule has 118 valence electrons. The van der Waals surface area contributed by atoms with Gasteiger partial charge < -0.3 is 4.90 Å². The Kier molecular flexibility index (Phi) is 21.0. The molecule has 1 rings (SSSR count). The van der Waals surface area contributed by atoms with Gasteiger partial charge in [0.05, 0.1) is 0 Å². The van der Waals surface area contributed by atoms with Crippen molar-refractivity contribution >= 4 is 5.91 Å². The Balaban J connectivity index is -0.000000425. The minimum absolute atomic E-state index is 0.124. The predicted molar refractivity (Wildman–Crippen MR) is 92.5 cm³/mol. The largest absolute Gasteiger partial charge is 0.339 e. The predicted octanol–water partition coefficient (Wildman–Crippen LogP) is 5.56. The lowest BCUT2D eigenvalue weighted by atomic mass is 10.1. The van der Waals surface area contributed by atoms with E-state index in [-0.39, 0.29) is 5.91 Å². The van der Waals surface area contributed by atoms with E-state index in [1.807, 2.05) is 91.5 Å². The van der Waals surface area contributed by atoms with Crippen LogP contribution >= 0.6 is 0 Å². The second kappa shape index (κ2) is 17.7. The third-order valence-electron chi connectivity index (χ3n) is 2.32. The van der Waals surface area contributed by atoms with E-state index in [9.17, 15) is 4.79 Å². The van der Waals surface area contributed by atoms with Crippen LogP contribution in [-0.2, 0) is 0 Å². The zero-order chi connectivity index (χ0) is 16.6. The van der Waals surface area contributed by atoms with Gasteiger partial charge in [0.15, 0.2) is 0 Å². The SMILES string of the molecule is CC.CC.CC.CCN(CC)C(=O)c1cccc(C)c1. The Bertz CT molecular complexity index is 317. The summed E-state index contributed by atoms with van der Waals surface area (Å²) < 4.78 is 0. The van der Waals surface area contributed by atoms with Gasteiger partial charge in [-0.1, -0.05) is 59.2 Å². The number of amides is 1. The molecule has 0 aliphatic rings. The molecular weight excluding hydrogens is 246 g/mol. The maximum absolute atomic E-state index is 11.9. The Labute approximate surface area is 127 Å². The molecule has 2 nitrogen and oxygen atoms in total. The highest BCUT2D eigenvalue weighted by atomic mass is 16.2. The van der Waals surface area contributed by atoms with Gasteiger partial charge >= 0.3 is 0 Å². The van der Waals surface area contributed by atoms with Crippen LogP contribution in [0.25, 0.3) is 0 Å². The first kappa shape index (κ1) is 23.8. The number of hydrogen-bond acceptors (Lipinski definition) is 1. The number of nitrogens with zero attached hydrogens (tertiary/aromatic N) is 1. The lowest BCUT2D eigenvalue weighted by Gasteiger charge is -2.18. The average Bonchev–Trinajstić information content (AvgIpc) is 2.54. The third kappa shape index (κ3) is 9.60. The molecule has 0 aliphatic heterocycles. The van der Waals surface area contributed by atoms with Gasteiger partial charge in [-0.15, -0.1) is 0 Å². The summed E-state index contributed by atoms with van der Waals surface area (Å²) >= 11 is 0. The molecule has 0 saturated carbocycles. The van der Waals surface area contributed by atoms with E-state index < -0.39 is 0 Å². The zero-order valence-corrected chi connectivity index (χ0v) is 15.1. The van der Waals surface area contributed by atoms with E-state index in [2.05, 4.69) is 0 Å². The van der Waals surface area contributed by atoms with Crippen LogP contribution in [0.4, 0.5) is 0 Å². The maximum atomic E-state index is 11.9. The lowest BCUT2D eigenvalue weighted by Crippen LogP contribution is -2.30. The van der Waals surface area contributed by atoms with Crippen LogP contribution in [0.2, 0.25) is 0 Å². The molecule has 0 saturated heterocycles. The van der Waals surface area contributed by atoms with Crippen molar-refractivity contribution in [2.24, 2.45) is 0 Å². The van der Waals surface area contributed by atoms with Crippen LogP contribution in [0.1, 0.15) is 71.3 Å². The smallest absolute Gasteiger partial charge is 0.253 e. The second-order valence-corrected chi connectivity index (χ2v) is 3.35. The molecule has 0 radical (unpaired) electrons. The zero-order valence-electron chi connectivity index (χ0n) is 15.1. The first-order chi connectivity index (χ1) is 9.69. The average molecular weight is 281 g/mol. The van der Waals surface area contributed by atoms with Crippen molar-refractivity contribution in [3.05, 3.63) is 35.4 Å². The number of hydrogen-bond donors (Lipinski definition) is 0. The summed E-state index contributed by atoms with van der Waals surface area (Å²) in [5.74, 6) is 0.124. The van der Waals surface area contributed by atoms with Crippen LogP contribution in [-0.4, -0.2) is 23.9 Å². The van der Waals surface area contributed by atoms with Crippen molar-refractivity contribution < 1.29 is 4.79 Å². The molecule has 0 fully saturated rings. The fraction of sp³-hybridized carbons (Fsp3) is 0.611. The standard InChI is InChI=1S/C12H17NO.3C2H6/c1-4-13(5-2)12(14)11-8-6-7-10(3)9-11;3*1-2/h6-9H,4-5H2,1-3H3;3*1-2H3. The number of carbonyl (C=O) groups excluding carboxylic acids is 1. The molecule has 0 atom stereocenters. The minimum Gasteiger partial charge on any atom is -0.339 e. The van der Waals surface area contributed by atoms with Crippen molar-refractivity contribution in [1.29, 1.82) is 0 Å². The van der Waals surface area contributed by atoms with E-state index in [1.165, 1.54) is 0 Å². The van der Waals surface area contributed by atoms with Crippen LogP contribution in [0, 0.1) is 6.92 Å². The molecule has 20 heavy (non-hydrogen) atoms. The monoisotopic (exact) mass is 281 g/mol. The Morgan fingerprint density at radius 1 is 0.950 bits per heavy atom. The minimum atomic E-state index is 0.124. The first-order valence-electron chi connectivity index (χ1n) is 8.05. The first-order valence-corrected chi connectivity index (χ1v) is 8.05. The van der Waals surface area contributed by atoms with Crippen molar-refractivity contribution in [2.45, 2.75) is 62.3 Å². The number of benzene rings is 1. The molecule has 1 aromatic carbocycles. The van der Waals surface area contributed by atoms with E-state index in [0.29, 0.717) is 0 Å². The fourth-order valence-electron chi connectivity index (χ4n) is 1.47. The number of carbonyl (C=O) groups is 1. The number of rotatable bonds is 3. The van der Waals surface area contributed by atoms with Gasteiger partial charge in [-0.2, -0.15) is 0 Å².